The quantitative estimate of drug-likeness (QED) is 0.156. The minimum absolute atomic E-state index is 0.501. The molecule has 174 valence electrons. The molecule has 0 fully saturated rings. The molecule has 7 rings (SSSR count). The standard InChI is InChI=1S/C30H22N4O2/c31-19-9-15-29-25(17-19)26-18-20(32)10-16-30(26)34(29,36)22-13-11-21(12-14-22)33(35)27-7-3-1-5-23(27)24-6-2-4-8-28(24)33/h1-18H,31-32H2. The predicted molar refractivity (Wildman–Crippen MR) is 148 cm³/mol. The van der Waals surface area contributed by atoms with E-state index in [1.807, 2.05) is 60.7 Å². The van der Waals surface area contributed by atoms with Crippen molar-refractivity contribution in [2.24, 2.45) is 0 Å². The third-order valence-electron chi connectivity index (χ3n) is 7.36. The van der Waals surface area contributed by atoms with Crippen molar-refractivity contribution < 1.29 is 0 Å². The summed E-state index contributed by atoms with van der Waals surface area (Å²) in [5, 5.41) is 29.2. The van der Waals surface area contributed by atoms with Gasteiger partial charge < -0.3 is 21.9 Å². The molecule has 2 aliphatic heterocycles. The number of para-hydroxylation sites is 2. The molecule has 0 bridgehead atoms. The van der Waals surface area contributed by atoms with Crippen LogP contribution >= 0.6 is 0 Å². The Labute approximate surface area is 208 Å². The predicted octanol–water partition coefficient (Wildman–Crippen LogP) is 7.75. The monoisotopic (exact) mass is 470 g/mol. The average Bonchev–Trinajstić information content (AvgIpc) is 3.31. The lowest BCUT2D eigenvalue weighted by molar-refractivity contribution is 0.697. The van der Waals surface area contributed by atoms with Crippen molar-refractivity contribution in [1.29, 1.82) is 0 Å². The molecule has 6 heteroatoms. The van der Waals surface area contributed by atoms with Crippen LogP contribution in [0.4, 0.5) is 45.5 Å². The summed E-state index contributed by atoms with van der Waals surface area (Å²) < 4.78 is -1.48. The number of nitrogens with zero attached hydrogens (tertiary/aromatic N) is 2. The fourth-order valence-corrected chi connectivity index (χ4v) is 5.73. The third-order valence-corrected chi connectivity index (χ3v) is 7.36. The molecule has 5 aromatic carbocycles. The van der Waals surface area contributed by atoms with Gasteiger partial charge in [-0.25, -0.2) is 0 Å². The van der Waals surface area contributed by atoms with E-state index in [9.17, 15) is 10.4 Å². The second kappa shape index (κ2) is 7.04. The number of hydrogen-bond donors (Lipinski definition) is 2. The van der Waals surface area contributed by atoms with Gasteiger partial charge in [0.25, 0.3) is 0 Å². The minimum Gasteiger partial charge on any atom is -0.616 e. The first-order valence-electron chi connectivity index (χ1n) is 11.7. The molecule has 6 nitrogen and oxygen atoms in total. The van der Waals surface area contributed by atoms with E-state index in [1.165, 1.54) is 0 Å². The van der Waals surface area contributed by atoms with Crippen LogP contribution in [0.3, 0.4) is 0 Å². The van der Waals surface area contributed by atoms with E-state index in [0.717, 1.165) is 22.3 Å². The molecule has 0 aliphatic carbocycles. The summed E-state index contributed by atoms with van der Waals surface area (Å²) >= 11 is 0. The van der Waals surface area contributed by atoms with Gasteiger partial charge in [-0.3, -0.25) is 9.29 Å². The maximum absolute atomic E-state index is 14.7. The topological polar surface area (TPSA) is 98.2 Å². The highest BCUT2D eigenvalue weighted by Crippen LogP contribution is 2.59. The van der Waals surface area contributed by atoms with Crippen LogP contribution in [0.25, 0.3) is 22.3 Å². The Morgan fingerprint density at radius 1 is 0.417 bits per heavy atom. The number of hydrogen-bond acceptors (Lipinski definition) is 4. The van der Waals surface area contributed by atoms with E-state index < -0.39 is 9.29 Å². The van der Waals surface area contributed by atoms with Gasteiger partial charge in [-0.2, -0.15) is 0 Å². The summed E-state index contributed by atoms with van der Waals surface area (Å²) in [5.41, 5.74) is 20.2. The van der Waals surface area contributed by atoms with Gasteiger partial charge in [-0.15, -0.1) is 0 Å². The lowest BCUT2D eigenvalue weighted by atomic mass is 10.0. The summed E-state index contributed by atoms with van der Waals surface area (Å²) in [7, 11) is 0. The van der Waals surface area contributed by atoms with Gasteiger partial charge in [0.1, 0.15) is 11.4 Å². The molecule has 0 saturated heterocycles. The van der Waals surface area contributed by atoms with Crippen molar-refractivity contribution >= 4 is 45.5 Å². The zero-order valence-electron chi connectivity index (χ0n) is 19.3. The van der Waals surface area contributed by atoms with Crippen molar-refractivity contribution in [2.45, 2.75) is 0 Å². The van der Waals surface area contributed by atoms with Crippen molar-refractivity contribution in [3.05, 3.63) is 120 Å². The second-order valence-corrected chi connectivity index (χ2v) is 9.32. The molecular formula is C30H22N4O2. The van der Waals surface area contributed by atoms with E-state index >= 15 is 0 Å². The molecular weight excluding hydrogens is 448 g/mol. The molecule has 0 atom stereocenters. The molecule has 4 N–H and O–H groups in total. The summed E-state index contributed by atoms with van der Waals surface area (Å²) in [5.74, 6) is 0. The summed E-state index contributed by atoms with van der Waals surface area (Å²) in [6.45, 7) is 0. The first-order valence-corrected chi connectivity index (χ1v) is 11.7. The second-order valence-electron chi connectivity index (χ2n) is 9.32. The number of nitrogen functional groups attached to an aromatic ring is 2. The molecule has 0 aromatic heterocycles. The normalized spacial score (nSPS) is 15.6. The van der Waals surface area contributed by atoms with Gasteiger partial charge in [0.2, 0.25) is 0 Å². The van der Waals surface area contributed by atoms with Crippen LogP contribution in [0.1, 0.15) is 0 Å². The van der Waals surface area contributed by atoms with E-state index in [2.05, 4.69) is 0 Å². The van der Waals surface area contributed by atoms with E-state index in [4.69, 9.17) is 11.5 Å². The maximum Gasteiger partial charge on any atom is 0.151 e. The van der Waals surface area contributed by atoms with Crippen LogP contribution in [0.2, 0.25) is 0 Å². The first-order chi connectivity index (χ1) is 17.4. The lowest BCUT2D eigenvalue weighted by Gasteiger charge is -2.40. The average molecular weight is 471 g/mol. The lowest BCUT2D eigenvalue weighted by Crippen LogP contribution is -2.31. The van der Waals surface area contributed by atoms with Gasteiger partial charge >= 0.3 is 0 Å². The number of fused-ring (bicyclic) bond motifs is 6. The fourth-order valence-electron chi connectivity index (χ4n) is 5.73. The Bertz CT molecular complexity index is 1600. The van der Waals surface area contributed by atoms with Gasteiger partial charge in [0.05, 0.1) is 11.1 Å². The molecule has 0 radical (unpaired) electrons. The van der Waals surface area contributed by atoms with Crippen molar-refractivity contribution in [3.8, 4) is 22.3 Å². The van der Waals surface area contributed by atoms with Crippen molar-refractivity contribution in [1.82, 2.24) is 9.29 Å². The third kappa shape index (κ3) is 2.53. The molecule has 2 heterocycles. The highest BCUT2D eigenvalue weighted by molar-refractivity contribution is 6.01. The molecule has 5 aromatic rings. The van der Waals surface area contributed by atoms with Crippen LogP contribution in [0.15, 0.2) is 109 Å². The molecule has 0 unspecified atom stereocenters. The number of benzene rings is 5. The Balaban J connectivity index is 1.40. The van der Waals surface area contributed by atoms with Gasteiger partial charge in [-0.05, 0) is 36.4 Å². The van der Waals surface area contributed by atoms with Crippen LogP contribution in [0.5, 0.6) is 0 Å². The van der Waals surface area contributed by atoms with Crippen LogP contribution in [-0.2, 0) is 0 Å². The minimum atomic E-state index is -0.780. The van der Waals surface area contributed by atoms with Crippen molar-refractivity contribution in [3.63, 3.8) is 0 Å². The highest BCUT2D eigenvalue weighted by atomic mass is 16.6. The fraction of sp³-hybridized carbons (Fsp3) is 0. The number of anilines is 2. The number of nitrogens with two attached hydrogens (primary N) is 2. The first kappa shape index (κ1) is 20.9. The zero-order chi connectivity index (χ0) is 24.7. The van der Waals surface area contributed by atoms with E-state index in [0.29, 0.717) is 45.5 Å². The van der Waals surface area contributed by atoms with Gasteiger partial charge in [0.15, 0.2) is 22.7 Å². The highest BCUT2D eigenvalue weighted by Gasteiger charge is 2.42. The number of quaternary nitrogens is 2. The Hall–Kier alpha value is -4.46. The molecule has 36 heavy (non-hydrogen) atoms. The SMILES string of the molecule is Nc1ccc2c(c1)-c1cc(N)ccc1[N+]2([O-])c1ccc([N+]2([O-])c3ccccc3-c3ccccc32)cc1. The molecule has 0 spiro atoms. The Kier molecular flexibility index (Phi) is 4.08. The Morgan fingerprint density at radius 2 is 0.778 bits per heavy atom. The molecule has 0 saturated carbocycles. The smallest absolute Gasteiger partial charge is 0.151 e. The largest absolute Gasteiger partial charge is 0.616 e. The summed E-state index contributed by atoms with van der Waals surface area (Å²) in [6, 6.07) is 33.1. The number of rotatable bonds is 2. The van der Waals surface area contributed by atoms with Crippen LogP contribution in [0, 0.1) is 10.4 Å². The maximum atomic E-state index is 14.7. The van der Waals surface area contributed by atoms with Gasteiger partial charge in [-0.1, -0.05) is 24.3 Å². The van der Waals surface area contributed by atoms with Crippen molar-refractivity contribution in [2.75, 3.05) is 11.5 Å². The van der Waals surface area contributed by atoms with E-state index in [-0.39, 0.29) is 0 Å². The van der Waals surface area contributed by atoms with Crippen LogP contribution < -0.4 is 20.8 Å². The summed E-state index contributed by atoms with van der Waals surface area (Å²) in [4.78, 5) is 0. The molecule has 2 aliphatic rings. The Morgan fingerprint density at radius 3 is 1.19 bits per heavy atom. The van der Waals surface area contributed by atoms with E-state index in [1.54, 1.807) is 48.5 Å². The molecule has 0 amide bonds. The van der Waals surface area contributed by atoms with Crippen LogP contribution in [-0.4, -0.2) is 0 Å². The summed E-state index contributed by atoms with van der Waals surface area (Å²) in [6.07, 6.45) is 0. The zero-order valence-corrected chi connectivity index (χ0v) is 19.3. The van der Waals surface area contributed by atoms with Gasteiger partial charge in [0, 0.05) is 71.0 Å².